The zero-order chi connectivity index (χ0) is 26.1. The highest BCUT2D eigenvalue weighted by Gasteiger charge is 2.25. The molecule has 4 aromatic rings. The fourth-order valence-corrected chi connectivity index (χ4v) is 5.40. The quantitative estimate of drug-likeness (QED) is 0.248. The number of sulfonamides is 1. The molecule has 0 aliphatic rings. The Balaban J connectivity index is 1.70. The van der Waals surface area contributed by atoms with E-state index in [-0.39, 0.29) is 21.4 Å². The van der Waals surface area contributed by atoms with Crippen LogP contribution in [0, 0.1) is 12.7 Å². The van der Waals surface area contributed by atoms with Gasteiger partial charge in [-0.2, -0.15) is 0 Å². The molecule has 0 amide bonds. The smallest absolute Gasteiger partial charge is 0.265 e. The Morgan fingerprint density at radius 2 is 1.78 bits per heavy atom. The first-order valence-electron chi connectivity index (χ1n) is 11.1. The molecule has 0 fully saturated rings. The van der Waals surface area contributed by atoms with Crippen LogP contribution in [0.2, 0.25) is 5.02 Å². The van der Waals surface area contributed by atoms with Gasteiger partial charge in [-0.15, -0.1) is 0 Å². The van der Waals surface area contributed by atoms with Gasteiger partial charge in [-0.05, 0) is 56.7 Å². The molecule has 0 saturated carbocycles. The molecular weight excluding hydrogens is 503 g/mol. The van der Waals surface area contributed by atoms with E-state index in [4.69, 9.17) is 16.3 Å². The summed E-state index contributed by atoms with van der Waals surface area (Å²) in [6, 6.07) is 18.6. The number of benzene rings is 3. The number of halogens is 2. The van der Waals surface area contributed by atoms with Crippen molar-refractivity contribution < 1.29 is 17.5 Å². The monoisotopic (exact) mass is 528 g/mol. The summed E-state index contributed by atoms with van der Waals surface area (Å²) < 4.78 is 48.3. The molecule has 0 spiro atoms. The fraction of sp³-hybridized carbons (Fsp3) is 0.192. The Labute approximate surface area is 214 Å². The lowest BCUT2D eigenvalue weighted by molar-refractivity contribution is 0.403. The van der Waals surface area contributed by atoms with Gasteiger partial charge in [0.05, 0.1) is 29.1 Å². The van der Waals surface area contributed by atoms with Crippen molar-refractivity contribution in [2.45, 2.75) is 31.2 Å². The zero-order valence-electron chi connectivity index (χ0n) is 20.2. The van der Waals surface area contributed by atoms with Gasteiger partial charge < -0.3 is 15.0 Å². The van der Waals surface area contributed by atoms with Crippen LogP contribution in [0.25, 0.3) is 11.3 Å². The summed E-state index contributed by atoms with van der Waals surface area (Å²) >= 11 is 6.03. The van der Waals surface area contributed by atoms with Gasteiger partial charge in [-0.3, -0.25) is 4.72 Å². The van der Waals surface area contributed by atoms with E-state index >= 15 is 0 Å². The van der Waals surface area contributed by atoms with Gasteiger partial charge in [0.1, 0.15) is 22.1 Å². The first kappa shape index (κ1) is 25.5. The van der Waals surface area contributed by atoms with Gasteiger partial charge in [-0.1, -0.05) is 48.0 Å². The maximum Gasteiger partial charge on any atom is 0.265 e. The number of imidazole rings is 1. The van der Waals surface area contributed by atoms with Crippen molar-refractivity contribution in [1.82, 2.24) is 9.97 Å². The third-order valence-electron chi connectivity index (χ3n) is 5.75. The number of H-pyrrole nitrogens is 1. The largest absolute Gasteiger partial charge is 0.495 e. The van der Waals surface area contributed by atoms with E-state index in [1.165, 1.54) is 31.4 Å². The molecule has 0 saturated heterocycles. The zero-order valence-corrected chi connectivity index (χ0v) is 21.8. The van der Waals surface area contributed by atoms with E-state index in [1.807, 2.05) is 51.1 Å². The maximum absolute atomic E-state index is 14.3. The third kappa shape index (κ3) is 5.17. The Bertz CT molecular complexity index is 1480. The average Bonchev–Trinajstić information content (AvgIpc) is 3.20. The topological polar surface area (TPSA) is 96.1 Å². The highest BCUT2D eigenvalue weighted by molar-refractivity contribution is 7.92. The SMILES string of the molecule is COc1ccc(-c2[nH]c(NC(C)(C)c3ccccc3)nc2C)cc1S(=O)(=O)Nc1c(F)cccc1Cl. The lowest BCUT2D eigenvalue weighted by Crippen LogP contribution is -2.28. The summed E-state index contributed by atoms with van der Waals surface area (Å²) in [5.41, 5.74) is 2.19. The second-order valence-corrected chi connectivity index (χ2v) is 10.8. The molecular formula is C26H26ClFN4O3S. The van der Waals surface area contributed by atoms with Gasteiger partial charge in [0.25, 0.3) is 10.0 Å². The van der Waals surface area contributed by atoms with Crippen molar-refractivity contribution in [3.8, 4) is 17.0 Å². The molecule has 0 aliphatic heterocycles. The molecule has 4 rings (SSSR count). The number of anilines is 2. The highest BCUT2D eigenvalue weighted by Crippen LogP contribution is 2.35. The number of nitrogens with zero attached hydrogens (tertiary/aromatic N) is 1. The average molecular weight is 529 g/mol. The predicted octanol–water partition coefficient (Wildman–Crippen LogP) is 6.33. The molecule has 0 atom stereocenters. The lowest BCUT2D eigenvalue weighted by Gasteiger charge is -2.26. The molecule has 1 aromatic heterocycles. The molecule has 0 aliphatic carbocycles. The number of rotatable bonds is 8. The van der Waals surface area contributed by atoms with E-state index in [1.54, 1.807) is 6.07 Å². The van der Waals surface area contributed by atoms with Crippen LogP contribution in [0.1, 0.15) is 25.1 Å². The van der Waals surface area contributed by atoms with E-state index in [9.17, 15) is 12.8 Å². The van der Waals surface area contributed by atoms with Crippen LogP contribution < -0.4 is 14.8 Å². The molecule has 0 bridgehead atoms. The summed E-state index contributed by atoms with van der Waals surface area (Å²) in [5, 5.41) is 3.34. The second kappa shape index (κ2) is 9.83. The number of ether oxygens (including phenoxy) is 1. The van der Waals surface area contributed by atoms with E-state index < -0.39 is 21.4 Å². The van der Waals surface area contributed by atoms with Crippen LogP contribution in [0.5, 0.6) is 5.75 Å². The van der Waals surface area contributed by atoms with Crippen molar-refractivity contribution in [3.63, 3.8) is 0 Å². The molecule has 0 unspecified atom stereocenters. The minimum absolute atomic E-state index is 0.0603. The van der Waals surface area contributed by atoms with E-state index in [0.29, 0.717) is 22.9 Å². The van der Waals surface area contributed by atoms with Gasteiger partial charge in [0.2, 0.25) is 5.95 Å². The number of aromatic amines is 1. The first-order valence-corrected chi connectivity index (χ1v) is 12.9. The predicted molar refractivity (Wildman–Crippen MR) is 141 cm³/mol. The molecule has 1 heterocycles. The highest BCUT2D eigenvalue weighted by atomic mass is 35.5. The molecule has 3 aromatic carbocycles. The van der Waals surface area contributed by atoms with Gasteiger partial charge in [0.15, 0.2) is 0 Å². The lowest BCUT2D eigenvalue weighted by atomic mass is 9.95. The number of para-hydroxylation sites is 1. The minimum atomic E-state index is -4.25. The number of aromatic nitrogens is 2. The van der Waals surface area contributed by atoms with Crippen LogP contribution in [0.15, 0.2) is 71.6 Å². The Kier molecular flexibility index (Phi) is 6.97. The van der Waals surface area contributed by atoms with Crippen molar-refractivity contribution >= 4 is 33.3 Å². The summed E-state index contributed by atoms with van der Waals surface area (Å²) in [7, 11) is -2.89. The van der Waals surface area contributed by atoms with Gasteiger partial charge in [0, 0.05) is 5.56 Å². The van der Waals surface area contributed by atoms with Gasteiger partial charge in [-0.25, -0.2) is 17.8 Å². The Hall–Kier alpha value is -3.56. The van der Waals surface area contributed by atoms with Crippen molar-refractivity contribution in [2.75, 3.05) is 17.1 Å². The fourth-order valence-electron chi connectivity index (χ4n) is 3.85. The van der Waals surface area contributed by atoms with Crippen LogP contribution in [-0.4, -0.2) is 25.5 Å². The summed E-state index contributed by atoms with van der Waals surface area (Å²) in [4.78, 5) is 7.67. The second-order valence-electron chi connectivity index (χ2n) is 8.73. The van der Waals surface area contributed by atoms with Crippen LogP contribution in [0.3, 0.4) is 0 Å². The van der Waals surface area contributed by atoms with Crippen LogP contribution >= 0.6 is 11.6 Å². The van der Waals surface area contributed by atoms with Crippen LogP contribution in [-0.2, 0) is 15.6 Å². The number of hydrogen-bond donors (Lipinski definition) is 3. The van der Waals surface area contributed by atoms with E-state index in [2.05, 4.69) is 20.0 Å². The van der Waals surface area contributed by atoms with Crippen molar-refractivity contribution in [1.29, 1.82) is 0 Å². The summed E-state index contributed by atoms with van der Waals surface area (Å²) in [6.45, 7) is 5.90. The molecule has 36 heavy (non-hydrogen) atoms. The first-order chi connectivity index (χ1) is 17.0. The number of nitrogens with one attached hydrogen (secondary N) is 3. The molecule has 0 radical (unpaired) electrons. The van der Waals surface area contributed by atoms with Crippen molar-refractivity contribution in [2.24, 2.45) is 0 Å². The Morgan fingerprint density at radius 1 is 1.06 bits per heavy atom. The number of methoxy groups -OCH3 is 1. The van der Waals surface area contributed by atoms with E-state index in [0.717, 1.165) is 11.6 Å². The minimum Gasteiger partial charge on any atom is -0.495 e. The summed E-state index contributed by atoms with van der Waals surface area (Å²) in [5.74, 6) is -0.158. The molecule has 3 N–H and O–H groups in total. The molecule has 188 valence electrons. The molecule has 10 heteroatoms. The van der Waals surface area contributed by atoms with Crippen LogP contribution in [0.4, 0.5) is 16.0 Å². The summed E-state index contributed by atoms with van der Waals surface area (Å²) in [6.07, 6.45) is 0. The standard InChI is InChI=1S/C26H26ClFN4O3S/c1-16-23(30-25(29-16)31-26(2,3)18-9-6-5-7-10-18)17-13-14-21(35-4)22(15-17)36(33,34)32-24-19(27)11-8-12-20(24)28/h5-15,32H,1-4H3,(H2,29,30,31). The Morgan fingerprint density at radius 3 is 2.44 bits per heavy atom. The third-order valence-corrected chi connectivity index (χ3v) is 7.44. The van der Waals surface area contributed by atoms with Gasteiger partial charge >= 0.3 is 0 Å². The maximum atomic E-state index is 14.3. The normalized spacial score (nSPS) is 11.8. The number of hydrogen-bond acceptors (Lipinski definition) is 5. The molecule has 7 nitrogen and oxygen atoms in total. The van der Waals surface area contributed by atoms with Crippen molar-refractivity contribution in [3.05, 3.63) is 88.8 Å². The number of aryl methyl sites for hydroxylation is 1.